The lowest BCUT2D eigenvalue weighted by Gasteiger charge is -2.08. The van der Waals surface area contributed by atoms with Gasteiger partial charge in [0.15, 0.2) is 0 Å². The summed E-state index contributed by atoms with van der Waals surface area (Å²) in [6.45, 7) is 8.63. The predicted molar refractivity (Wildman–Crippen MR) is 183 cm³/mol. The van der Waals surface area contributed by atoms with E-state index in [0.29, 0.717) is 72.3 Å². The number of rotatable bonds is 38. The molecule has 0 aliphatic rings. The Morgan fingerprint density at radius 2 is 0.533 bits per heavy atom. The summed E-state index contributed by atoms with van der Waals surface area (Å²) < 4.78 is 32.2. The maximum atomic E-state index is 11.9. The van der Waals surface area contributed by atoms with Gasteiger partial charge >= 0.3 is 11.9 Å². The first kappa shape index (κ1) is 43.8. The molecule has 0 aromatic carbocycles. The molecule has 0 aromatic rings. The van der Waals surface area contributed by atoms with E-state index in [1.54, 1.807) is 0 Å². The van der Waals surface area contributed by atoms with Crippen molar-refractivity contribution in [3.8, 4) is 0 Å². The Bertz CT molecular complexity index is 601. The van der Waals surface area contributed by atoms with E-state index in [1.165, 1.54) is 109 Å². The van der Waals surface area contributed by atoms with Gasteiger partial charge in [0.25, 0.3) is 0 Å². The number of hydrogen-bond acceptors (Lipinski definition) is 8. The first-order valence-electron chi connectivity index (χ1n) is 18.8. The van der Waals surface area contributed by atoms with Gasteiger partial charge < -0.3 is 28.4 Å². The summed E-state index contributed by atoms with van der Waals surface area (Å²) in [5, 5.41) is 0. The van der Waals surface area contributed by atoms with Gasteiger partial charge in [-0.15, -0.1) is 0 Å². The summed E-state index contributed by atoms with van der Waals surface area (Å²) in [6.07, 6.45) is 27.7. The highest BCUT2D eigenvalue weighted by Gasteiger charge is 2.04. The lowest BCUT2D eigenvalue weighted by molar-refractivity contribution is -0.146. The van der Waals surface area contributed by atoms with E-state index in [2.05, 4.69) is 13.8 Å². The van der Waals surface area contributed by atoms with Gasteiger partial charge in [0, 0.05) is 12.8 Å². The normalized spacial score (nSPS) is 11.2. The maximum Gasteiger partial charge on any atom is 0.305 e. The molecule has 8 heteroatoms. The monoisotopic (exact) mass is 645 g/mol. The Hall–Kier alpha value is -1.22. The first-order valence-corrected chi connectivity index (χ1v) is 18.8. The van der Waals surface area contributed by atoms with Gasteiger partial charge in [0.2, 0.25) is 0 Å². The second-order valence-corrected chi connectivity index (χ2v) is 12.1. The van der Waals surface area contributed by atoms with E-state index in [0.717, 1.165) is 25.7 Å². The molecule has 0 spiro atoms. The number of unbranched alkanes of at least 4 members (excludes halogenated alkanes) is 19. The lowest BCUT2D eigenvalue weighted by atomic mass is 10.0. The topological polar surface area (TPSA) is 89.5 Å². The molecule has 268 valence electrons. The largest absolute Gasteiger partial charge is 0.463 e. The first-order chi connectivity index (χ1) is 22.2. The summed E-state index contributed by atoms with van der Waals surface area (Å²) in [5.74, 6) is -0.270. The van der Waals surface area contributed by atoms with Crippen molar-refractivity contribution in [3.05, 3.63) is 0 Å². The molecule has 0 unspecified atom stereocenters. The highest BCUT2D eigenvalue weighted by molar-refractivity contribution is 5.69. The average Bonchev–Trinajstić information content (AvgIpc) is 3.04. The van der Waals surface area contributed by atoms with Crippen LogP contribution < -0.4 is 0 Å². The third-order valence-electron chi connectivity index (χ3n) is 7.82. The van der Waals surface area contributed by atoms with Gasteiger partial charge in [-0.05, 0) is 12.8 Å². The molecule has 0 aliphatic heterocycles. The van der Waals surface area contributed by atoms with Crippen molar-refractivity contribution in [2.75, 3.05) is 66.1 Å². The minimum Gasteiger partial charge on any atom is -0.463 e. The summed E-state index contributed by atoms with van der Waals surface area (Å²) in [6, 6.07) is 0. The molecule has 0 N–H and O–H groups in total. The van der Waals surface area contributed by atoms with E-state index >= 15 is 0 Å². The number of esters is 2. The number of carbonyl (C=O) groups is 2. The Morgan fingerprint density at radius 3 is 0.800 bits per heavy atom. The van der Waals surface area contributed by atoms with Crippen LogP contribution in [0.15, 0.2) is 0 Å². The van der Waals surface area contributed by atoms with Crippen LogP contribution in [0.1, 0.15) is 162 Å². The van der Waals surface area contributed by atoms with Gasteiger partial charge in [0.05, 0.1) is 52.9 Å². The zero-order chi connectivity index (χ0) is 32.7. The zero-order valence-corrected chi connectivity index (χ0v) is 29.6. The zero-order valence-electron chi connectivity index (χ0n) is 29.6. The van der Waals surface area contributed by atoms with Crippen molar-refractivity contribution < 1.29 is 38.0 Å². The molecular formula is C37H72O8. The number of ether oxygens (including phenoxy) is 6. The van der Waals surface area contributed by atoms with Crippen LogP contribution in [0.25, 0.3) is 0 Å². The molecule has 0 saturated carbocycles. The van der Waals surface area contributed by atoms with Crippen LogP contribution in [-0.2, 0) is 38.0 Å². The van der Waals surface area contributed by atoms with Gasteiger partial charge in [-0.2, -0.15) is 0 Å². The van der Waals surface area contributed by atoms with Crippen LogP contribution in [0.4, 0.5) is 0 Å². The van der Waals surface area contributed by atoms with Crippen LogP contribution in [0.5, 0.6) is 0 Å². The second kappa shape index (κ2) is 39.0. The third-order valence-corrected chi connectivity index (χ3v) is 7.82. The van der Waals surface area contributed by atoms with Crippen LogP contribution in [-0.4, -0.2) is 78.0 Å². The fourth-order valence-corrected chi connectivity index (χ4v) is 5.03. The summed E-state index contributed by atoms with van der Waals surface area (Å²) in [7, 11) is 0. The molecule has 0 bridgehead atoms. The fraction of sp³-hybridized carbons (Fsp3) is 0.946. The lowest BCUT2D eigenvalue weighted by Crippen LogP contribution is -2.15. The SMILES string of the molecule is CCCCCCCCCCCCCCCCCC(=O)OCCOCCOCCOCCOCCOC(=O)CCCCCCCC. The molecule has 0 amide bonds. The van der Waals surface area contributed by atoms with E-state index < -0.39 is 0 Å². The molecule has 0 atom stereocenters. The van der Waals surface area contributed by atoms with Crippen LogP contribution in [0.2, 0.25) is 0 Å². The molecule has 0 radical (unpaired) electrons. The number of carbonyl (C=O) groups excluding carboxylic acids is 2. The summed E-state index contributed by atoms with van der Waals surface area (Å²) in [5.41, 5.74) is 0. The van der Waals surface area contributed by atoms with E-state index in [1.807, 2.05) is 0 Å². The molecule has 8 nitrogen and oxygen atoms in total. The van der Waals surface area contributed by atoms with E-state index in [-0.39, 0.29) is 18.5 Å². The van der Waals surface area contributed by atoms with Gasteiger partial charge in [0.1, 0.15) is 13.2 Å². The quantitative estimate of drug-likeness (QED) is 0.0486. The maximum absolute atomic E-state index is 11.9. The molecular weight excluding hydrogens is 572 g/mol. The number of hydrogen-bond donors (Lipinski definition) is 0. The van der Waals surface area contributed by atoms with Crippen LogP contribution in [0, 0.1) is 0 Å². The van der Waals surface area contributed by atoms with Crippen molar-refractivity contribution in [1.82, 2.24) is 0 Å². The summed E-state index contributed by atoms with van der Waals surface area (Å²) in [4.78, 5) is 23.5. The Morgan fingerprint density at radius 1 is 0.311 bits per heavy atom. The fourth-order valence-electron chi connectivity index (χ4n) is 5.03. The minimum absolute atomic E-state index is 0.129. The average molecular weight is 645 g/mol. The van der Waals surface area contributed by atoms with Crippen molar-refractivity contribution >= 4 is 11.9 Å². The van der Waals surface area contributed by atoms with Crippen molar-refractivity contribution in [1.29, 1.82) is 0 Å². The van der Waals surface area contributed by atoms with Gasteiger partial charge in [-0.25, -0.2) is 0 Å². The molecule has 0 heterocycles. The Balaban J connectivity index is 3.19. The van der Waals surface area contributed by atoms with E-state index in [4.69, 9.17) is 28.4 Å². The Labute approximate surface area is 277 Å². The highest BCUT2D eigenvalue weighted by atomic mass is 16.6. The second-order valence-electron chi connectivity index (χ2n) is 12.1. The highest BCUT2D eigenvalue weighted by Crippen LogP contribution is 2.14. The molecule has 0 saturated heterocycles. The van der Waals surface area contributed by atoms with Gasteiger partial charge in [-0.3, -0.25) is 9.59 Å². The van der Waals surface area contributed by atoms with E-state index in [9.17, 15) is 9.59 Å². The van der Waals surface area contributed by atoms with Crippen molar-refractivity contribution in [3.63, 3.8) is 0 Å². The molecule has 0 aliphatic carbocycles. The summed E-state index contributed by atoms with van der Waals surface area (Å²) >= 11 is 0. The van der Waals surface area contributed by atoms with Crippen molar-refractivity contribution in [2.45, 2.75) is 162 Å². The van der Waals surface area contributed by atoms with Crippen LogP contribution in [0.3, 0.4) is 0 Å². The predicted octanol–water partition coefficient (Wildman–Crippen LogP) is 9.15. The molecule has 0 aromatic heterocycles. The Kier molecular flexibility index (Phi) is 37.9. The molecule has 45 heavy (non-hydrogen) atoms. The smallest absolute Gasteiger partial charge is 0.305 e. The molecule has 0 rings (SSSR count). The van der Waals surface area contributed by atoms with Gasteiger partial charge in [-0.1, -0.05) is 136 Å². The minimum atomic E-state index is -0.141. The van der Waals surface area contributed by atoms with Crippen molar-refractivity contribution in [2.24, 2.45) is 0 Å². The van der Waals surface area contributed by atoms with Crippen LogP contribution >= 0.6 is 0 Å². The third kappa shape index (κ3) is 38.9. The standard InChI is InChI=1S/C37H72O8/c1-3-5-7-9-11-12-13-14-15-16-17-18-19-21-23-25-37(39)45-35-33-43-31-29-41-27-26-40-28-30-42-32-34-44-36(38)24-22-20-10-8-6-4-2/h3-35H2,1-2H3. The molecule has 0 fully saturated rings.